The minimum Gasteiger partial charge on any atom is -0.489 e. The van der Waals surface area contributed by atoms with Crippen LogP contribution in [0.3, 0.4) is 0 Å². The summed E-state index contributed by atoms with van der Waals surface area (Å²) in [7, 11) is 0. The zero-order valence-electron chi connectivity index (χ0n) is 8.91. The van der Waals surface area contributed by atoms with E-state index >= 15 is 0 Å². The van der Waals surface area contributed by atoms with E-state index in [1.807, 2.05) is 0 Å². The van der Waals surface area contributed by atoms with E-state index < -0.39 is 6.29 Å². The van der Waals surface area contributed by atoms with Crippen LogP contribution in [0.2, 0.25) is 0 Å². The van der Waals surface area contributed by atoms with Crippen molar-refractivity contribution in [1.82, 2.24) is 5.32 Å². The summed E-state index contributed by atoms with van der Waals surface area (Å²) in [6, 6.07) is 4.45. The third-order valence-electron chi connectivity index (χ3n) is 2.69. The van der Waals surface area contributed by atoms with Gasteiger partial charge in [0, 0.05) is 12.6 Å². The van der Waals surface area contributed by atoms with Gasteiger partial charge in [0.1, 0.15) is 11.9 Å². The van der Waals surface area contributed by atoms with Crippen LogP contribution < -0.4 is 19.5 Å². The van der Waals surface area contributed by atoms with Crippen molar-refractivity contribution in [2.45, 2.75) is 18.8 Å². The van der Waals surface area contributed by atoms with Gasteiger partial charge in [-0.25, -0.2) is 0 Å². The lowest BCUT2D eigenvalue weighted by molar-refractivity contribution is -0.286. The summed E-state index contributed by atoms with van der Waals surface area (Å²) >= 11 is 0. The zero-order chi connectivity index (χ0) is 11.9. The summed E-state index contributed by atoms with van der Waals surface area (Å²) in [5, 5.41) is 3.16. The van der Waals surface area contributed by atoms with Crippen molar-refractivity contribution in [2.75, 3.05) is 13.1 Å². The predicted molar refractivity (Wildman–Crippen MR) is 54.5 cm³/mol. The number of hydrogen-bond donors (Lipinski definition) is 1. The van der Waals surface area contributed by atoms with Crippen LogP contribution in [-0.4, -0.2) is 25.5 Å². The highest BCUT2D eigenvalue weighted by molar-refractivity contribution is 5.47. The molecule has 3 rings (SSSR count). The van der Waals surface area contributed by atoms with Gasteiger partial charge in [-0.3, -0.25) is 0 Å². The summed E-state index contributed by atoms with van der Waals surface area (Å²) in [6.07, 6.45) is -2.59. The Morgan fingerprint density at radius 1 is 1.29 bits per heavy atom. The lowest BCUT2D eigenvalue weighted by Crippen LogP contribution is -2.25. The molecule has 2 heterocycles. The van der Waals surface area contributed by atoms with E-state index in [4.69, 9.17) is 4.74 Å². The molecule has 0 amide bonds. The summed E-state index contributed by atoms with van der Waals surface area (Å²) in [6.45, 7) is 1.68. The first-order chi connectivity index (χ1) is 8.12. The first-order valence-corrected chi connectivity index (χ1v) is 5.40. The molecule has 1 N–H and O–H groups in total. The standard InChI is InChI=1S/C11H11F2NO3/c12-11(13)16-9-2-1-7(5-10(9)17-11)15-8-3-4-14-6-8/h1-2,5,8,14H,3-4,6H2. The molecular formula is C11H11F2NO3. The first kappa shape index (κ1) is 10.6. The number of fused-ring (bicyclic) bond motifs is 1. The van der Waals surface area contributed by atoms with Crippen LogP contribution in [-0.2, 0) is 0 Å². The Hall–Kier alpha value is -1.56. The van der Waals surface area contributed by atoms with Crippen LogP contribution in [0.25, 0.3) is 0 Å². The van der Waals surface area contributed by atoms with Crippen LogP contribution in [0.5, 0.6) is 17.2 Å². The smallest absolute Gasteiger partial charge is 0.489 e. The molecule has 1 saturated heterocycles. The number of rotatable bonds is 2. The van der Waals surface area contributed by atoms with E-state index in [0.29, 0.717) is 5.75 Å². The van der Waals surface area contributed by atoms with E-state index in [9.17, 15) is 8.78 Å². The molecule has 2 aliphatic rings. The SMILES string of the molecule is FC1(F)Oc2ccc(OC3CCNC3)cc2O1. The first-order valence-electron chi connectivity index (χ1n) is 5.40. The Balaban J connectivity index is 1.76. The molecule has 0 aromatic heterocycles. The van der Waals surface area contributed by atoms with Crippen LogP contribution in [0.15, 0.2) is 18.2 Å². The van der Waals surface area contributed by atoms with Crippen molar-refractivity contribution < 1.29 is 23.0 Å². The lowest BCUT2D eigenvalue weighted by Gasteiger charge is -2.12. The van der Waals surface area contributed by atoms with Gasteiger partial charge in [0.2, 0.25) is 0 Å². The number of hydrogen-bond acceptors (Lipinski definition) is 4. The monoisotopic (exact) mass is 243 g/mol. The lowest BCUT2D eigenvalue weighted by atomic mass is 10.3. The minimum atomic E-state index is -3.57. The van der Waals surface area contributed by atoms with Crippen molar-refractivity contribution >= 4 is 0 Å². The van der Waals surface area contributed by atoms with Crippen LogP contribution >= 0.6 is 0 Å². The Kier molecular flexibility index (Phi) is 2.32. The maximum Gasteiger partial charge on any atom is 0.586 e. The quantitative estimate of drug-likeness (QED) is 0.859. The molecule has 1 atom stereocenters. The van der Waals surface area contributed by atoms with Gasteiger partial charge in [0.25, 0.3) is 0 Å². The van der Waals surface area contributed by atoms with Gasteiger partial charge in [0.15, 0.2) is 11.5 Å². The fraction of sp³-hybridized carbons (Fsp3) is 0.455. The third kappa shape index (κ3) is 2.12. The largest absolute Gasteiger partial charge is 0.586 e. The van der Waals surface area contributed by atoms with Crippen molar-refractivity contribution in [3.63, 3.8) is 0 Å². The molecule has 1 aromatic rings. The van der Waals surface area contributed by atoms with E-state index in [0.717, 1.165) is 19.5 Å². The summed E-state index contributed by atoms with van der Waals surface area (Å²) in [5.74, 6) is 0.559. The van der Waals surface area contributed by atoms with Gasteiger partial charge in [-0.1, -0.05) is 0 Å². The average Bonchev–Trinajstić information content (AvgIpc) is 2.83. The summed E-state index contributed by atoms with van der Waals surface area (Å²) < 4.78 is 39.8. The molecular weight excluding hydrogens is 232 g/mol. The van der Waals surface area contributed by atoms with Crippen molar-refractivity contribution in [2.24, 2.45) is 0 Å². The van der Waals surface area contributed by atoms with Crippen molar-refractivity contribution in [3.05, 3.63) is 18.2 Å². The maximum absolute atomic E-state index is 12.8. The summed E-state index contributed by atoms with van der Waals surface area (Å²) in [4.78, 5) is 0. The van der Waals surface area contributed by atoms with E-state index in [2.05, 4.69) is 14.8 Å². The Morgan fingerprint density at radius 3 is 2.88 bits per heavy atom. The number of nitrogens with one attached hydrogen (secondary N) is 1. The molecule has 17 heavy (non-hydrogen) atoms. The van der Waals surface area contributed by atoms with E-state index in [-0.39, 0.29) is 17.6 Å². The molecule has 6 heteroatoms. The van der Waals surface area contributed by atoms with E-state index in [1.54, 1.807) is 6.07 Å². The van der Waals surface area contributed by atoms with Crippen molar-refractivity contribution in [1.29, 1.82) is 0 Å². The molecule has 1 fully saturated rings. The minimum absolute atomic E-state index is 0.0125. The molecule has 0 radical (unpaired) electrons. The Morgan fingerprint density at radius 2 is 2.12 bits per heavy atom. The van der Waals surface area contributed by atoms with Crippen LogP contribution in [0, 0.1) is 0 Å². The van der Waals surface area contributed by atoms with Gasteiger partial charge in [0.05, 0.1) is 0 Å². The number of halogens is 2. The number of ether oxygens (including phenoxy) is 3. The second-order valence-electron chi connectivity index (χ2n) is 4.01. The van der Waals surface area contributed by atoms with Crippen LogP contribution in [0.1, 0.15) is 6.42 Å². The van der Waals surface area contributed by atoms with Gasteiger partial charge in [-0.05, 0) is 25.1 Å². The summed E-state index contributed by atoms with van der Waals surface area (Å²) in [5.41, 5.74) is 0. The maximum atomic E-state index is 12.8. The third-order valence-corrected chi connectivity index (χ3v) is 2.69. The highest BCUT2D eigenvalue weighted by Crippen LogP contribution is 2.42. The normalized spacial score (nSPS) is 24.9. The fourth-order valence-electron chi connectivity index (χ4n) is 1.92. The molecule has 2 aliphatic heterocycles. The van der Waals surface area contributed by atoms with Gasteiger partial charge < -0.3 is 19.5 Å². The Labute approximate surface area is 96.5 Å². The van der Waals surface area contributed by atoms with Gasteiger partial charge in [-0.15, -0.1) is 8.78 Å². The fourth-order valence-corrected chi connectivity index (χ4v) is 1.92. The van der Waals surface area contributed by atoms with Gasteiger partial charge >= 0.3 is 6.29 Å². The highest BCUT2D eigenvalue weighted by atomic mass is 19.3. The predicted octanol–water partition coefficient (Wildman–Crippen LogP) is 1.75. The molecule has 0 aliphatic carbocycles. The van der Waals surface area contributed by atoms with Gasteiger partial charge in [-0.2, -0.15) is 0 Å². The molecule has 0 saturated carbocycles. The Bertz CT molecular complexity index is 433. The second kappa shape index (κ2) is 3.73. The molecule has 4 nitrogen and oxygen atoms in total. The average molecular weight is 243 g/mol. The highest BCUT2D eigenvalue weighted by Gasteiger charge is 2.43. The van der Waals surface area contributed by atoms with E-state index in [1.165, 1.54) is 12.1 Å². The molecule has 1 aromatic carbocycles. The molecule has 92 valence electrons. The number of alkyl halides is 2. The zero-order valence-corrected chi connectivity index (χ0v) is 8.91. The molecule has 0 spiro atoms. The number of benzene rings is 1. The molecule has 1 unspecified atom stereocenters. The topological polar surface area (TPSA) is 39.7 Å². The van der Waals surface area contributed by atoms with Crippen molar-refractivity contribution in [3.8, 4) is 17.2 Å². The van der Waals surface area contributed by atoms with Crippen LogP contribution in [0.4, 0.5) is 8.78 Å². The molecule has 0 bridgehead atoms. The second-order valence-corrected chi connectivity index (χ2v) is 4.01.